The van der Waals surface area contributed by atoms with Gasteiger partial charge < -0.3 is 39.4 Å². The number of imidazole rings is 4. The van der Waals surface area contributed by atoms with E-state index in [1.54, 1.807) is 42.9 Å². The van der Waals surface area contributed by atoms with Crippen molar-refractivity contribution >= 4 is 80.4 Å². The Hall–Kier alpha value is -8.26. The van der Waals surface area contributed by atoms with Gasteiger partial charge in [-0.25, -0.2) is 47.1 Å². The number of carbonyl (C=O) groups excluding carboxylic acids is 3. The molecule has 2 aliphatic heterocycles. The van der Waals surface area contributed by atoms with Gasteiger partial charge in [0.2, 0.25) is 0 Å². The number of carbonyl (C=O) groups is 4. The molecule has 0 spiro atoms. The molecule has 4 fully saturated rings. The second-order valence-electron chi connectivity index (χ2n) is 21.5. The monoisotopic (exact) mass is 1210 g/mol. The van der Waals surface area contributed by atoms with Crippen molar-refractivity contribution in [1.29, 1.82) is 0 Å². The molecule has 86 heavy (non-hydrogen) atoms. The zero-order chi connectivity index (χ0) is 57.2. The number of halogens is 4. The predicted octanol–water partition coefficient (Wildman–Crippen LogP) is 2.92. The molecular formula is C55H55Cl2F2LiN18O8. The van der Waals surface area contributed by atoms with E-state index in [-0.39, 0.29) is 118 Å². The number of aliphatic carboxylic acids is 1. The van der Waals surface area contributed by atoms with Crippen molar-refractivity contribution in [2.75, 3.05) is 43.1 Å². The van der Waals surface area contributed by atoms with Crippen LogP contribution in [0.4, 0.5) is 20.2 Å². The summed E-state index contributed by atoms with van der Waals surface area (Å²) in [6.45, 7) is 2.95. The summed E-state index contributed by atoms with van der Waals surface area (Å²) in [6, 6.07) is 7.05. The molecule has 4 aliphatic rings. The van der Waals surface area contributed by atoms with Crippen LogP contribution in [0.15, 0.2) is 74.1 Å². The van der Waals surface area contributed by atoms with E-state index in [1.165, 1.54) is 41.0 Å². The minimum absolute atomic E-state index is 0. The standard InChI is InChI=1S/C28H27ClFN9O3.C27H25ClFN9O3.Li.2H2O/c1-42-28(41)17-6-8-36(11-17)23-10-21(16-2-3-16)34-39-13-18(32-27(23)39)12-38-14-22(33-35-38)24(40)5-4-20-26-25(30)19(29)7-9-37(26)15-31-20;28-18-6-8-36-14-30-19(25(36)24(18)29)3-4-23(39)21-13-37(34-32-21)11-17-12-38-26(31-17)22(9-20(33-38)15-1-2-15)35-7-5-16(10-35)27(40)41;;;/h7,9-10,13-17H,2-6,8,11-12H2,1H3;6,8-9,12-16H,1-5,7,10-11H2,(H,40,41);;2*1H2/q;;+1;;/p-1. The number of aryl methyl sites for hydroxylation is 2. The summed E-state index contributed by atoms with van der Waals surface area (Å²) >= 11 is 11.8. The Morgan fingerprint density at radius 1 is 0.663 bits per heavy atom. The van der Waals surface area contributed by atoms with Gasteiger partial charge in [0.25, 0.3) is 0 Å². The number of hydrogen-bond acceptors (Lipinski definition) is 18. The third kappa shape index (κ3) is 12.3. The van der Waals surface area contributed by atoms with E-state index in [1.807, 2.05) is 18.5 Å². The van der Waals surface area contributed by atoms with Crippen LogP contribution in [0.5, 0.6) is 0 Å². The largest absolute Gasteiger partial charge is 1.00 e. The first-order valence-corrected chi connectivity index (χ1v) is 28.0. The number of Topliss-reactive ketones (excluding diaryl/α,β-unsaturated/α-hetero) is 2. The van der Waals surface area contributed by atoms with Crippen LogP contribution in [0, 0.1) is 23.5 Å². The number of ether oxygens (including phenoxy) is 1. The minimum Gasteiger partial charge on any atom is -0.870 e. The van der Waals surface area contributed by atoms with Gasteiger partial charge in [0.05, 0.1) is 125 Å². The second-order valence-corrected chi connectivity index (χ2v) is 22.3. The van der Waals surface area contributed by atoms with E-state index in [0.29, 0.717) is 78.5 Å². The summed E-state index contributed by atoms with van der Waals surface area (Å²) in [5.74, 6) is -2.30. The molecule has 14 rings (SSSR count). The van der Waals surface area contributed by atoms with Gasteiger partial charge in [-0.3, -0.25) is 19.2 Å². The number of rotatable bonds is 18. The second kappa shape index (κ2) is 25.0. The normalized spacial score (nSPS) is 16.5. The van der Waals surface area contributed by atoms with Crippen LogP contribution < -0.4 is 28.7 Å². The summed E-state index contributed by atoms with van der Waals surface area (Å²) in [5, 5.41) is 35.4. The molecule has 2 saturated heterocycles. The molecule has 4 N–H and O–H groups in total. The fourth-order valence-electron chi connectivity index (χ4n) is 10.9. The van der Waals surface area contributed by atoms with Crippen LogP contribution in [0.25, 0.3) is 22.3 Å². The van der Waals surface area contributed by atoms with Gasteiger partial charge in [0, 0.05) is 63.3 Å². The van der Waals surface area contributed by atoms with E-state index in [9.17, 15) is 33.1 Å². The first-order valence-electron chi connectivity index (χ1n) is 27.3. The fourth-order valence-corrected chi connectivity index (χ4v) is 11.2. The van der Waals surface area contributed by atoms with E-state index in [2.05, 4.69) is 46.5 Å². The van der Waals surface area contributed by atoms with Gasteiger partial charge in [-0.05, 0) is 75.6 Å². The molecule has 10 aromatic rings. The maximum Gasteiger partial charge on any atom is 1.00 e. The first-order chi connectivity index (χ1) is 40.2. The Bertz CT molecular complexity index is 4210. The van der Waals surface area contributed by atoms with E-state index < -0.39 is 23.5 Å². The summed E-state index contributed by atoms with van der Waals surface area (Å²) in [6.07, 6.45) is 19.4. The molecule has 26 nitrogen and oxygen atoms in total. The Morgan fingerprint density at radius 2 is 1.10 bits per heavy atom. The fraction of sp³-hybridized carbons (Fsp3) is 0.382. The maximum absolute atomic E-state index is 14.5. The van der Waals surface area contributed by atoms with E-state index in [0.717, 1.165) is 61.4 Å². The Morgan fingerprint density at radius 3 is 1.52 bits per heavy atom. The number of nitrogens with zero attached hydrogens (tertiary/aromatic N) is 18. The van der Waals surface area contributed by atoms with Gasteiger partial charge in [-0.1, -0.05) is 33.6 Å². The van der Waals surface area contributed by atoms with Crippen molar-refractivity contribution in [3.8, 4) is 0 Å². The summed E-state index contributed by atoms with van der Waals surface area (Å²) in [5.41, 5.74) is 8.40. The molecule has 31 heteroatoms. The SMILES string of the molecule is COC(=O)C1CCN(c2cc(C3CC3)nn3cc(Cn4cc(C(=O)CCc5ncn6ccc(Cl)c(F)c56)nn4)nc23)C1.O.O=C(CCc1ncn2ccc(Cl)c(F)c12)c1cn(Cc2cn3nc(C4CC4)cc(N4CCC(C(=O)O)C4)c3n2)nn1.[Li+].[OH-]. The van der Waals surface area contributed by atoms with Gasteiger partial charge in [-0.2, -0.15) is 10.2 Å². The maximum atomic E-state index is 14.5. The molecular weight excluding hydrogens is 1160 g/mol. The number of carboxylic acid groups (broad SMARTS) is 1. The number of pyridine rings is 2. The topological polar surface area (TPSA) is 322 Å². The molecule has 0 amide bonds. The molecule has 2 atom stereocenters. The van der Waals surface area contributed by atoms with Crippen LogP contribution in [0.3, 0.4) is 0 Å². The molecule has 0 radical (unpaired) electrons. The first kappa shape index (κ1) is 60.8. The molecule has 12 heterocycles. The average Bonchev–Trinajstić information content (AvgIpc) is 2.21. The van der Waals surface area contributed by atoms with Gasteiger partial charge in [0.15, 0.2) is 34.5 Å². The van der Waals surface area contributed by atoms with Crippen LogP contribution >= 0.6 is 23.2 Å². The quantitative estimate of drug-likeness (QED) is 0.0733. The van der Waals surface area contributed by atoms with Crippen molar-refractivity contribution in [1.82, 2.24) is 78.0 Å². The summed E-state index contributed by atoms with van der Waals surface area (Å²) in [4.78, 5) is 71.8. The molecule has 2 aliphatic carbocycles. The number of anilines is 2. The molecule has 0 aromatic carbocycles. The van der Waals surface area contributed by atoms with Gasteiger partial charge >= 0.3 is 30.8 Å². The number of methoxy groups -OCH3 is 1. The van der Waals surface area contributed by atoms with Gasteiger partial charge in [-0.15, -0.1) is 10.2 Å². The van der Waals surface area contributed by atoms with E-state index in [4.69, 9.17) is 48.1 Å². The number of esters is 1. The van der Waals surface area contributed by atoms with Gasteiger partial charge in [0.1, 0.15) is 22.4 Å². The molecule has 2 saturated carbocycles. The van der Waals surface area contributed by atoms with Crippen molar-refractivity contribution in [2.24, 2.45) is 11.8 Å². The average molecular weight is 1210 g/mol. The minimum atomic E-state index is -0.782. The van der Waals surface area contributed by atoms with Crippen molar-refractivity contribution < 1.29 is 67.6 Å². The summed E-state index contributed by atoms with van der Waals surface area (Å²) < 4.78 is 43.7. The molecule has 442 valence electrons. The predicted molar refractivity (Wildman–Crippen MR) is 300 cm³/mol. The third-order valence-corrected chi connectivity index (χ3v) is 16.3. The summed E-state index contributed by atoms with van der Waals surface area (Å²) in [7, 11) is 1.42. The Kier molecular flexibility index (Phi) is 17.7. The number of fused-ring (bicyclic) bond motifs is 4. The number of carboxylic acids is 1. The zero-order valence-electron chi connectivity index (χ0n) is 46.5. The van der Waals surface area contributed by atoms with Crippen LogP contribution in [0.1, 0.15) is 118 Å². The zero-order valence-corrected chi connectivity index (χ0v) is 48.1. The van der Waals surface area contributed by atoms with Crippen LogP contribution in [0.2, 0.25) is 10.0 Å². The third-order valence-electron chi connectivity index (χ3n) is 15.7. The number of aromatic nitrogens is 16. The molecule has 10 aromatic heterocycles. The number of ketones is 2. The van der Waals surface area contributed by atoms with Crippen molar-refractivity contribution in [3.63, 3.8) is 0 Å². The number of hydrogen-bond donors (Lipinski definition) is 1. The van der Waals surface area contributed by atoms with Crippen LogP contribution in [-0.4, -0.2) is 151 Å². The Labute approximate surface area is 508 Å². The molecule has 0 bridgehead atoms. The van der Waals surface area contributed by atoms with Crippen LogP contribution in [-0.2, 0) is 40.3 Å². The molecule has 2 unspecified atom stereocenters. The smallest absolute Gasteiger partial charge is 0.870 e. The van der Waals surface area contributed by atoms with Crippen molar-refractivity contribution in [3.05, 3.63) is 141 Å². The Balaban J connectivity index is 0.000000184. The van der Waals surface area contributed by atoms with E-state index >= 15 is 0 Å². The van der Waals surface area contributed by atoms with Crippen molar-refractivity contribution in [2.45, 2.75) is 89.1 Å².